The number of thiazole rings is 1. The normalized spacial score (nSPS) is 17.7. The van der Waals surface area contributed by atoms with Crippen molar-refractivity contribution >= 4 is 17.3 Å². The Bertz CT molecular complexity index is 618. The molecule has 0 spiro atoms. The average molecular weight is 259 g/mol. The van der Waals surface area contributed by atoms with Crippen molar-refractivity contribution in [3.63, 3.8) is 0 Å². The molecule has 0 aliphatic heterocycles. The molecule has 0 amide bonds. The Morgan fingerprint density at radius 1 is 1.44 bits per heavy atom. The predicted molar refractivity (Wildman–Crippen MR) is 70.4 cm³/mol. The summed E-state index contributed by atoms with van der Waals surface area (Å²) in [6.45, 7) is 1.77. The molecule has 3 rings (SSSR count). The second-order valence-electron chi connectivity index (χ2n) is 4.56. The van der Waals surface area contributed by atoms with Gasteiger partial charge in [-0.1, -0.05) is 24.3 Å². The quantitative estimate of drug-likeness (QED) is 0.900. The van der Waals surface area contributed by atoms with Crippen molar-refractivity contribution in [2.24, 2.45) is 0 Å². The number of hydrogen-bond acceptors (Lipinski definition) is 3. The topological polar surface area (TPSA) is 50.2 Å². The Hall–Kier alpha value is -1.68. The molecule has 1 atom stereocenters. The maximum absolute atomic E-state index is 11.1. The van der Waals surface area contributed by atoms with Crippen molar-refractivity contribution in [2.45, 2.75) is 25.7 Å². The summed E-state index contributed by atoms with van der Waals surface area (Å²) in [6, 6.07) is 8.37. The molecule has 0 fully saturated rings. The van der Waals surface area contributed by atoms with Crippen LogP contribution in [0.3, 0.4) is 0 Å². The van der Waals surface area contributed by atoms with Crippen molar-refractivity contribution in [2.75, 3.05) is 0 Å². The standard InChI is InChI=1S/C14H13NO2S/c1-8-12(14(16)17)18-13(15-8)11-7-6-9-4-2-3-5-10(9)11/h2-5,11H,6-7H2,1H3,(H,16,17). The van der Waals surface area contributed by atoms with Gasteiger partial charge in [-0.15, -0.1) is 11.3 Å². The van der Waals surface area contributed by atoms with Crippen LogP contribution in [0, 0.1) is 6.92 Å². The molecule has 1 aliphatic carbocycles. The zero-order chi connectivity index (χ0) is 12.7. The molecule has 3 nitrogen and oxygen atoms in total. The van der Waals surface area contributed by atoms with Gasteiger partial charge in [0.25, 0.3) is 0 Å². The molecule has 1 aromatic heterocycles. The van der Waals surface area contributed by atoms with Gasteiger partial charge in [-0.05, 0) is 30.9 Å². The number of hydrogen-bond donors (Lipinski definition) is 1. The molecule has 1 N–H and O–H groups in total. The second-order valence-corrected chi connectivity index (χ2v) is 5.59. The van der Waals surface area contributed by atoms with Gasteiger partial charge >= 0.3 is 5.97 Å². The zero-order valence-electron chi connectivity index (χ0n) is 10.0. The van der Waals surface area contributed by atoms with E-state index in [0.717, 1.165) is 17.8 Å². The molecule has 0 saturated carbocycles. The summed E-state index contributed by atoms with van der Waals surface area (Å²) in [4.78, 5) is 15.9. The lowest BCUT2D eigenvalue weighted by Gasteiger charge is -2.07. The number of aromatic carboxylic acids is 1. The van der Waals surface area contributed by atoms with Crippen LogP contribution in [0.1, 0.15) is 43.8 Å². The maximum atomic E-state index is 11.1. The van der Waals surface area contributed by atoms with Gasteiger partial charge in [0, 0.05) is 5.92 Å². The van der Waals surface area contributed by atoms with Gasteiger partial charge in [-0.3, -0.25) is 0 Å². The lowest BCUT2D eigenvalue weighted by atomic mass is 10.0. The van der Waals surface area contributed by atoms with E-state index in [1.165, 1.54) is 22.5 Å². The fraction of sp³-hybridized carbons (Fsp3) is 0.286. The first-order valence-electron chi connectivity index (χ1n) is 5.95. The summed E-state index contributed by atoms with van der Waals surface area (Å²) >= 11 is 1.32. The van der Waals surface area contributed by atoms with Gasteiger partial charge in [-0.2, -0.15) is 0 Å². The van der Waals surface area contributed by atoms with E-state index in [0.29, 0.717) is 10.6 Å². The Kier molecular flexibility index (Phi) is 2.67. The van der Waals surface area contributed by atoms with Gasteiger partial charge in [0.05, 0.1) is 5.69 Å². The number of aryl methyl sites for hydroxylation is 2. The van der Waals surface area contributed by atoms with Crippen LogP contribution >= 0.6 is 11.3 Å². The van der Waals surface area contributed by atoms with E-state index in [2.05, 4.69) is 23.2 Å². The predicted octanol–water partition coefficient (Wildman–Crippen LogP) is 3.23. The summed E-state index contributed by atoms with van der Waals surface area (Å²) in [7, 11) is 0. The van der Waals surface area contributed by atoms with Gasteiger partial charge in [0.2, 0.25) is 0 Å². The van der Waals surface area contributed by atoms with Crippen molar-refractivity contribution in [1.82, 2.24) is 4.98 Å². The zero-order valence-corrected chi connectivity index (χ0v) is 10.8. The number of fused-ring (bicyclic) bond motifs is 1. The molecule has 2 aromatic rings. The molecule has 1 aromatic carbocycles. The van der Waals surface area contributed by atoms with Crippen LogP contribution in [0.25, 0.3) is 0 Å². The molecule has 1 aliphatic rings. The lowest BCUT2D eigenvalue weighted by Crippen LogP contribution is -1.95. The Morgan fingerprint density at radius 3 is 2.94 bits per heavy atom. The highest BCUT2D eigenvalue weighted by atomic mass is 32.1. The number of benzene rings is 1. The summed E-state index contributed by atoms with van der Waals surface area (Å²) in [5, 5.41) is 10.0. The molecular formula is C14H13NO2S. The number of aromatic nitrogens is 1. The second kappa shape index (κ2) is 4.21. The van der Waals surface area contributed by atoms with Crippen LogP contribution in [0.5, 0.6) is 0 Å². The average Bonchev–Trinajstić information content (AvgIpc) is 2.92. The first-order valence-corrected chi connectivity index (χ1v) is 6.77. The van der Waals surface area contributed by atoms with Crippen molar-refractivity contribution in [1.29, 1.82) is 0 Å². The van der Waals surface area contributed by atoms with E-state index in [-0.39, 0.29) is 5.92 Å². The number of nitrogens with zero attached hydrogens (tertiary/aromatic N) is 1. The molecule has 1 unspecified atom stereocenters. The monoisotopic (exact) mass is 259 g/mol. The van der Waals surface area contributed by atoms with Crippen LogP contribution in [-0.4, -0.2) is 16.1 Å². The Morgan fingerprint density at radius 2 is 2.22 bits per heavy atom. The lowest BCUT2D eigenvalue weighted by molar-refractivity contribution is 0.0701. The molecule has 1 heterocycles. The molecule has 18 heavy (non-hydrogen) atoms. The largest absolute Gasteiger partial charge is 0.477 e. The third-order valence-electron chi connectivity index (χ3n) is 3.44. The van der Waals surface area contributed by atoms with E-state index in [4.69, 9.17) is 5.11 Å². The van der Waals surface area contributed by atoms with E-state index in [9.17, 15) is 4.79 Å². The fourth-order valence-electron chi connectivity index (χ4n) is 2.58. The highest BCUT2D eigenvalue weighted by molar-refractivity contribution is 7.13. The van der Waals surface area contributed by atoms with Crippen molar-refractivity contribution in [3.05, 3.63) is 51.0 Å². The van der Waals surface area contributed by atoms with E-state index in [1.54, 1.807) is 6.92 Å². The third kappa shape index (κ3) is 1.73. The van der Waals surface area contributed by atoms with Gasteiger partial charge in [-0.25, -0.2) is 9.78 Å². The van der Waals surface area contributed by atoms with Crippen LogP contribution in [0.4, 0.5) is 0 Å². The SMILES string of the molecule is Cc1nc(C2CCc3ccccc32)sc1C(=O)O. The third-order valence-corrected chi connectivity index (χ3v) is 4.70. The first-order chi connectivity index (χ1) is 8.66. The molecule has 0 bridgehead atoms. The molecule has 92 valence electrons. The maximum Gasteiger partial charge on any atom is 0.347 e. The van der Waals surface area contributed by atoms with Gasteiger partial charge in [0.15, 0.2) is 0 Å². The van der Waals surface area contributed by atoms with Crippen molar-refractivity contribution in [3.8, 4) is 0 Å². The summed E-state index contributed by atoms with van der Waals surface area (Å²) in [5.41, 5.74) is 3.31. The Balaban J connectivity index is 2.03. The number of carbonyl (C=O) groups is 1. The van der Waals surface area contributed by atoms with E-state index in [1.807, 2.05) is 6.07 Å². The fourth-order valence-corrected chi connectivity index (χ4v) is 3.64. The summed E-state index contributed by atoms with van der Waals surface area (Å²) < 4.78 is 0. The molecular weight excluding hydrogens is 246 g/mol. The van der Waals surface area contributed by atoms with E-state index < -0.39 is 5.97 Å². The van der Waals surface area contributed by atoms with Crippen LogP contribution in [0.2, 0.25) is 0 Å². The minimum absolute atomic E-state index is 0.276. The van der Waals surface area contributed by atoms with Crippen LogP contribution in [0.15, 0.2) is 24.3 Å². The van der Waals surface area contributed by atoms with Crippen LogP contribution < -0.4 is 0 Å². The smallest absolute Gasteiger partial charge is 0.347 e. The number of rotatable bonds is 2. The van der Waals surface area contributed by atoms with Crippen LogP contribution in [-0.2, 0) is 6.42 Å². The van der Waals surface area contributed by atoms with Gasteiger partial charge in [0.1, 0.15) is 9.88 Å². The highest BCUT2D eigenvalue weighted by Gasteiger charge is 2.27. The Labute approximate surface area is 109 Å². The molecule has 0 radical (unpaired) electrons. The van der Waals surface area contributed by atoms with Crippen molar-refractivity contribution < 1.29 is 9.90 Å². The van der Waals surface area contributed by atoms with E-state index >= 15 is 0 Å². The molecule has 0 saturated heterocycles. The summed E-state index contributed by atoms with van der Waals surface area (Å²) in [5.74, 6) is -0.597. The number of carboxylic acids is 1. The minimum atomic E-state index is -0.873. The highest BCUT2D eigenvalue weighted by Crippen LogP contribution is 2.40. The summed E-state index contributed by atoms with van der Waals surface area (Å²) in [6.07, 6.45) is 2.09. The number of carboxylic acid groups (broad SMARTS) is 1. The first kappa shape index (κ1) is 11.4. The molecule has 4 heteroatoms. The van der Waals surface area contributed by atoms with Gasteiger partial charge < -0.3 is 5.11 Å². The minimum Gasteiger partial charge on any atom is -0.477 e.